The van der Waals surface area contributed by atoms with Crippen LogP contribution in [-0.4, -0.2) is 15.0 Å². The van der Waals surface area contributed by atoms with Crippen LogP contribution in [-0.2, 0) is 0 Å². The predicted octanol–water partition coefficient (Wildman–Crippen LogP) is 13.6. The van der Waals surface area contributed by atoms with Crippen LogP contribution in [0.5, 0.6) is 0 Å². The van der Waals surface area contributed by atoms with Crippen molar-refractivity contribution in [2.45, 2.75) is 0 Å². The van der Waals surface area contributed by atoms with Crippen LogP contribution in [0.2, 0.25) is 0 Å². The van der Waals surface area contributed by atoms with Gasteiger partial charge in [0.05, 0.1) is 0 Å². The zero-order valence-corrected chi connectivity index (χ0v) is 29.7. The maximum absolute atomic E-state index is 6.37. The highest BCUT2D eigenvalue weighted by Crippen LogP contribution is 2.44. The normalized spacial score (nSPS) is 11.7. The van der Waals surface area contributed by atoms with E-state index in [0.29, 0.717) is 17.5 Å². The van der Waals surface area contributed by atoms with E-state index in [0.717, 1.165) is 55.1 Å². The van der Waals surface area contributed by atoms with Gasteiger partial charge in [-0.3, -0.25) is 0 Å². The first-order valence-corrected chi connectivity index (χ1v) is 18.8. The molecule has 0 radical (unpaired) electrons. The highest BCUT2D eigenvalue weighted by Gasteiger charge is 2.19. The van der Waals surface area contributed by atoms with Crippen LogP contribution < -0.4 is 0 Å². The minimum absolute atomic E-state index is 0.629. The summed E-state index contributed by atoms with van der Waals surface area (Å²) in [5.41, 5.74) is 9.16. The van der Waals surface area contributed by atoms with E-state index in [1.54, 1.807) is 11.3 Å². The molecule has 3 heterocycles. The summed E-state index contributed by atoms with van der Waals surface area (Å²) >= 11 is 1.79. The molecule has 11 rings (SSSR count). The Morgan fingerprint density at radius 3 is 1.74 bits per heavy atom. The van der Waals surface area contributed by atoms with Gasteiger partial charge in [-0.1, -0.05) is 127 Å². The van der Waals surface area contributed by atoms with Crippen LogP contribution in [0.1, 0.15) is 0 Å². The number of hydrogen-bond donors (Lipinski definition) is 0. The van der Waals surface area contributed by atoms with Crippen molar-refractivity contribution in [1.29, 1.82) is 0 Å². The quantitative estimate of drug-likeness (QED) is 0.179. The summed E-state index contributed by atoms with van der Waals surface area (Å²) in [4.78, 5) is 15.4. The molecule has 11 aromatic rings. The predicted molar refractivity (Wildman–Crippen MR) is 225 cm³/mol. The van der Waals surface area contributed by atoms with Crippen LogP contribution in [0, 0.1) is 0 Å². The van der Waals surface area contributed by atoms with Gasteiger partial charge in [-0.2, -0.15) is 0 Å². The van der Waals surface area contributed by atoms with Crippen molar-refractivity contribution >= 4 is 64.2 Å². The van der Waals surface area contributed by atoms with Crippen LogP contribution in [0.25, 0.3) is 109 Å². The first-order valence-electron chi connectivity index (χ1n) is 18.0. The van der Waals surface area contributed by atoms with Gasteiger partial charge in [0.2, 0.25) is 0 Å². The van der Waals surface area contributed by atoms with Crippen molar-refractivity contribution in [2.24, 2.45) is 0 Å². The maximum Gasteiger partial charge on any atom is 0.164 e. The molecule has 4 nitrogen and oxygen atoms in total. The molecule has 3 aromatic heterocycles. The third-order valence-electron chi connectivity index (χ3n) is 10.3. The van der Waals surface area contributed by atoms with Gasteiger partial charge in [0.25, 0.3) is 0 Å². The van der Waals surface area contributed by atoms with E-state index in [9.17, 15) is 0 Å². The monoisotopic (exact) mass is 707 g/mol. The van der Waals surface area contributed by atoms with E-state index in [-0.39, 0.29) is 0 Å². The summed E-state index contributed by atoms with van der Waals surface area (Å²) in [6.07, 6.45) is 0. The number of hydrogen-bond acceptors (Lipinski definition) is 5. The minimum Gasteiger partial charge on any atom is -0.456 e. The molecule has 54 heavy (non-hydrogen) atoms. The van der Waals surface area contributed by atoms with Gasteiger partial charge >= 0.3 is 0 Å². The van der Waals surface area contributed by atoms with E-state index in [1.807, 2.05) is 36.4 Å². The third kappa shape index (κ3) is 5.17. The number of fused-ring (bicyclic) bond motifs is 7. The van der Waals surface area contributed by atoms with Gasteiger partial charge in [-0.25, -0.2) is 15.0 Å². The van der Waals surface area contributed by atoms with Crippen molar-refractivity contribution < 1.29 is 4.42 Å². The van der Waals surface area contributed by atoms with Crippen LogP contribution in [0.4, 0.5) is 0 Å². The average Bonchev–Trinajstić information content (AvgIpc) is 3.81. The van der Waals surface area contributed by atoms with Crippen molar-refractivity contribution in [3.63, 3.8) is 0 Å². The molecule has 0 atom stereocenters. The Labute approximate surface area is 314 Å². The Bertz CT molecular complexity index is 3220. The SMILES string of the molecule is c1ccc(-c2ccc3cc(-c4nc(-c5ccccc5)nc(-c5cc(-c6ccc7c(c6)oc6ccccc67)c6c(c5)sc5ccccc56)n4)ccc3c2)cc1. The second-order valence-corrected chi connectivity index (χ2v) is 14.7. The van der Waals surface area contributed by atoms with E-state index >= 15 is 0 Å². The number of rotatable bonds is 5. The highest BCUT2D eigenvalue weighted by molar-refractivity contribution is 7.26. The highest BCUT2D eigenvalue weighted by atomic mass is 32.1. The lowest BCUT2D eigenvalue weighted by Crippen LogP contribution is -2.00. The smallest absolute Gasteiger partial charge is 0.164 e. The lowest BCUT2D eigenvalue weighted by molar-refractivity contribution is 0.669. The molecule has 0 saturated carbocycles. The molecule has 5 heteroatoms. The molecule has 0 aliphatic carbocycles. The van der Waals surface area contributed by atoms with E-state index in [2.05, 4.69) is 140 Å². The van der Waals surface area contributed by atoms with Gasteiger partial charge in [-0.15, -0.1) is 11.3 Å². The van der Waals surface area contributed by atoms with Crippen molar-refractivity contribution in [3.05, 3.63) is 176 Å². The second-order valence-electron chi connectivity index (χ2n) is 13.6. The van der Waals surface area contributed by atoms with Crippen molar-refractivity contribution in [2.75, 3.05) is 0 Å². The summed E-state index contributed by atoms with van der Waals surface area (Å²) in [7, 11) is 0. The molecule has 0 bridgehead atoms. The molecule has 0 aliphatic rings. The summed E-state index contributed by atoms with van der Waals surface area (Å²) in [6.45, 7) is 0. The summed E-state index contributed by atoms with van der Waals surface area (Å²) < 4.78 is 8.79. The fraction of sp³-hybridized carbons (Fsp3) is 0. The molecule has 0 amide bonds. The zero-order chi connectivity index (χ0) is 35.6. The molecular formula is C49H29N3OS. The second kappa shape index (κ2) is 12.3. The molecule has 0 saturated heterocycles. The van der Waals surface area contributed by atoms with Crippen LogP contribution in [0.3, 0.4) is 0 Å². The van der Waals surface area contributed by atoms with Crippen molar-refractivity contribution in [1.82, 2.24) is 15.0 Å². The number of thiophene rings is 1. The fourth-order valence-corrected chi connectivity index (χ4v) is 8.82. The van der Waals surface area contributed by atoms with Crippen molar-refractivity contribution in [3.8, 4) is 56.4 Å². The number of benzene rings is 8. The fourth-order valence-electron chi connectivity index (χ4n) is 7.65. The maximum atomic E-state index is 6.37. The van der Waals surface area contributed by atoms with Crippen LogP contribution >= 0.6 is 11.3 Å². The minimum atomic E-state index is 0.629. The zero-order valence-electron chi connectivity index (χ0n) is 28.9. The number of nitrogens with zero attached hydrogens (tertiary/aromatic N) is 3. The molecule has 0 fully saturated rings. The van der Waals surface area contributed by atoms with E-state index < -0.39 is 0 Å². The molecule has 8 aromatic carbocycles. The Morgan fingerprint density at radius 1 is 0.352 bits per heavy atom. The average molecular weight is 708 g/mol. The number of aromatic nitrogens is 3. The van der Waals surface area contributed by atoms with E-state index in [4.69, 9.17) is 19.4 Å². The Balaban J connectivity index is 1.11. The molecular weight excluding hydrogens is 679 g/mol. The van der Waals surface area contributed by atoms with Gasteiger partial charge in [0.1, 0.15) is 11.2 Å². The molecule has 0 unspecified atom stereocenters. The van der Waals surface area contributed by atoms with E-state index in [1.165, 1.54) is 36.7 Å². The summed E-state index contributed by atoms with van der Waals surface area (Å²) in [5.74, 6) is 1.90. The Morgan fingerprint density at radius 2 is 0.944 bits per heavy atom. The van der Waals surface area contributed by atoms with Gasteiger partial charge < -0.3 is 4.42 Å². The lowest BCUT2D eigenvalue weighted by atomic mass is 9.96. The van der Waals surface area contributed by atoms with Gasteiger partial charge in [0, 0.05) is 47.6 Å². The summed E-state index contributed by atoms with van der Waals surface area (Å²) in [5, 5.41) is 6.98. The Hall–Kier alpha value is -6.95. The third-order valence-corrected chi connectivity index (χ3v) is 11.4. The van der Waals surface area contributed by atoms with Gasteiger partial charge in [0.15, 0.2) is 17.5 Å². The topological polar surface area (TPSA) is 51.8 Å². The molecule has 252 valence electrons. The molecule has 0 N–H and O–H groups in total. The Kier molecular flexibility index (Phi) is 7.00. The largest absolute Gasteiger partial charge is 0.456 e. The molecule has 0 spiro atoms. The lowest BCUT2D eigenvalue weighted by Gasteiger charge is -2.12. The first-order chi connectivity index (χ1) is 26.7. The number of furan rings is 1. The standard InChI is InChI=1S/C49H29N3OS/c1-3-11-30(12-4-1)32-19-20-34-26-36(22-21-33(34)25-32)48-50-47(31-13-5-2-6-14-31)51-49(52-48)37-27-41(46-40-16-8-10-18-44(40)54-45(46)29-37)35-23-24-39-38-15-7-9-17-42(38)53-43(39)28-35/h1-29H. The molecule has 0 aliphatic heterocycles. The summed E-state index contributed by atoms with van der Waals surface area (Å²) in [6, 6.07) is 61.6. The van der Waals surface area contributed by atoms with Crippen LogP contribution in [0.15, 0.2) is 180 Å². The number of para-hydroxylation sites is 1. The van der Waals surface area contributed by atoms with Gasteiger partial charge in [-0.05, 0) is 81.6 Å². The first kappa shape index (κ1) is 30.7.